The van der Waals surface area contributed by atoms with Crippen LogP contribution < -0.4 is 10.6 Å². The highest BCUT2D eigenvalue weighted by atomic mass is 16.5. The van der Waals surface area contributed by atoms with Crippen LogP contribution in [0.1, 0.15) is 94.3 Å². The number of carbonyl (C=O) groups is 2. The van der Waals surface area contributed by atoms with E-state index in [1.807, 2.05) is 6.92 Å². The van der Waals surface area contributed by atoms with Crippen LogP contribution in [0.5, 0.6) is 0 Å². The first-order chi connectivity index (χ1) is 12.1. The summed E-state index contributed by atoms with van der Waals surface area (Å²) >= 11 is 0. The zero-order chi connectivity index (χ0) is 19.2. The van der Waals surface area contributed by atoms with E-state index in [9.17, 15) is 9.59 Å². The zero-order valence-electron chi connectivity index (χ0n) is 17.1. The van der Waals surface area contributed by atoms with Gasteiger partial charge in [-0.3, -0.25) is 9.59 Å². The molecule has 154 valence electrons. The molecule has 0 saturated heterocycles. The van der Waals surface area contributed by atoms with Crippen LogP contribution in [0.15, 0.2) is 0 Å². The normalized spacial score (nSPS) is 9.92. The molecule has 0 bridgehead atoms. The largest absolute Gasteiger partial charge is 0.385 e. The van der Waals surface area contributed by atoms with Gasteiger partial charge in [-0.15, -0.1) is 0 Å². The molecule has 2 N–H and O–H groups in total. The maximum absolute atomic E-state index is 11.2. The summed E-state index contributed by atoms with van der Waals surface area (Å²) in [5.74, 6) is 0.374. The molecule has 0 saturated carbocycles. The predicted molar refractivity (Wildman–Crippen MR) is 110 cm³/mol. The number of carbonyl (C=O) groups excluding carboxylic acids is 2. The van der Waals surface area contributed by atoms with Crippen molar-refractivity contribution in [2.45, 2.75) is 91.4 Å². The molecular weight excluding hydrogens is 316 g/mol. The Morgan fingerprint density at radius 2 is 1.28 bits per heavy atom. The lowest BCUT2D eigenvalue weighted by molar-refractivity contribution is -0.122. The summed E-state index contributed by atoms with van der Waals surface area (Å²) in [6, 6.07) is 0. The molecule has 0 atom stereocenters. The van der Waals surface area contributed by atoms with Crippen molar-refractivity contribution < 1.29 is 17.2 Å². The maximum Gasteiger partial charge on any atom is 0.219 e. The number of nitrogens with one attached hydrogen (secondary N) is 2. The van der Waals surface area contributed by atoms with Gasteiger partial charge >= 0.3 is 0 Å². The minimum atomic E-state index is 0. The Kier molecular flexibility index (Phi) is 23.9. The van der Waals surface area contributed by atoms with Crippen LogP contribution in [0, 0.1) is 0 Å². The summed E-state index contributed by atoms with van der Waals surface area (Å²) in [4.78, 5) is 22.1. The molecule has 2 amide bonds. The molecule has 0 fully saturated rings. The number of hydrogen-bond donors (Lipinski definition) is 2. The molecule has 0 rings (SSSR count). The van der Waals surface area contributed by atoms with Crippen molar-refractivity contribution in [2.24, 2.45) is 0 Å². The van der Waals surface area contributed by atoms with Crippen LogP contribution in [0.3, 0.4) is 0 Å². The molecule has 0 aromatic rings. The van der Waals surface area contributed by atoms with Crippen molar-refractivity contribution in [3.8, 4) is 0 Å². The van der Waals surface area contributed by atoms with Gasteiger partial charge in [0.05, 0.1) is 0 Å². The Labute approximate surface area is 158 Å². The lowest BCUT2D eigenvalue weighted by Gasteiger charge is -2.03. The van der Waals surface area contributed by atoms with Crippen LogP contribution in [-0.4, -0.2) is 38.6 Å². The molecule has 0 aliphatic heterocycles. The third-order valence-electron chi connectivity index (χ3n) is 3.68. The average molecular weight is 363 g/mol. The summed E-state index contributed by atoms with van der Waals surface area (Å²) in [6.07, 6.45) is 11.5. The fraction of sp³-hybridized carbons (Fsp3) is 0.900. The first-order valence-corrected chi connectivity index (χ1v) is 10.1. The lowest BCUT2D eigenvalue weighted by Crippen LogP contribution is -2.24. The molecule has 5 heteroatoms. The summed E-state index contributed by atoms with van der Waals surface area (Å²) in [5, 5.41) is 5.73. The van der Waals surface area contributed by atoms with E-state index in [0.717, 1.165) is 45.2 Å². The average Bonchev–Trinajstić information content (AvgIpc) is 2.60. The summed E-state index contributed by atoms with van der Waals surface area (Å²) in [7, 11) is 1.66. The van der Waals surface area contributed by atoms with Crippen molar-refractivity contribution in [1.82, 2.24) is 10.6 Å². The van der Waals surface area contributed by atoms with Gasteiger partial charge in [-0.1, -0.05) is 52.9 Å². The molecule has 5 nitrogen and oxygen atoms in total. The highest BCUT2D eigenvalue weighted by Crippen LogP contribution is 2.04. The number of amides is 2. The Hall–Kier alpha value is -1.10. The van der Waals surface area contributed by atoms with E-state index in [2.05, 4.69) is 24.5 Å². The van der Waals surface area contributed by atoms with Crippen LogP contribution in [-0.2, 0) is 14.3 Å². The summed E-state index contributed by atoms with van der Waals surface area (Å²) in [6.45, 7) is 8.63. The van der Waals surface area contributed by atoms with E-state index in [-0.39, 0.29) is 14.7 Å². The van der Waals surface area contributed by atoms with E-state index in [4.69, 9.17) is 4.74 Å². The minimum Gasteiger partial charge on any atom is -0.385 e. The van der Waals surface area contributed by atoms with Gasteiger partial charge in [-0.05, 0) is 25.7 Å². The van der Waals surface area contributed by atoms with E-state index in [1.165, 1.54) is 25.7 Å². The van der Waals surface area contributed by atoms with Gasteiger partial charge in [-0.2, -0.15) is 0 Å². The van der Waals surface area contributed by atoms with Crippen molar-refractivity contribution >= 4 is 11.8 Å². The topological polar surface area (TPSA) is 67.4 Å². The maximum atomic E-state index is 11.2. The van der Waals surface area contributed by atoms with Gasteiger partial charge in [0, 0.05) is 42.5 Å². The van der Waals surface area contributed by atoms with Crippen molar-refractivity contribution in [3.63, 3.8) is 0 Å². The number of methoxy groups -OCH3 is 1. The molecule has 25 heavy (non-hydrogen) atoms. The molecule has 0 aliphatic rings. The molecule has 0 spiro atoms. The quantitative estimate of drug-likeness (QED) is 0.415. The lowest BCUT2D eigenvalue weighted by atomic mass is 10.1. The first-order valence-electron chi connectivity index (χ1n) is 10.1. The zero-order valence-corrected chi connectivity index (χ0v) is 17.1. The molecule has 0 unspecified atom stereocenters. The number of ether oxygens (including phenoxy) is 1. The minimum absolute atomic E-state index is 0. The molecule has 0 aromatic carbocycles. The van der Waals surface area contributed by atoms with Crippen LogP contribution in [0.4, 0.5) is 0 Å². The molecule has 0 aliphatic carbocycles. The van der Waals surface area contributed by atoms with Crippen LogP contribution in [0.25, 0.3) is 0 Å². The monoisotopic (exact) mass is 362 g/mol. The fourth-order valence-electron chi connectivity index (χ4n) is 2.14. The Balaban J connectivity index is -0.000000187. The highest BCUT2D eigenvalue weighted by Gasteiger charge is 1.99. The number of rotatable bonds is 15. The molecule has 0 radical (unpaired) electrons. The smallest absolute Gasteiger partial charge is 0.219 e. The predicted octanol–water partition coefficient (Wildman–Crippen LogP) is 4.69. The van der Waals surface area contributed by atoms with Crippen LogP contribution >= 0.6 is 0 Å². The fourth-order valence-corrected chi connectivity index (χ4v) is 2.14. The Morgan fingerprint density at radius 1 is 0.720 bits per heavy atom. The molecular formula is C20H46N2O3. The van der Waals surface area contributed by atoms with Gasteiger partial charge < -0.3 is 15.4 Å². The van der Waals surface area contributed by atoms with Gasteiger partial charge in [0.2, 0.25) is 11.8 Å². The SMILES string of the molecule is CCCC(=O)NCCCOC.CCCCCCCC(=O)NCCCC.[HH].[HH]. The summed E-state index contributed by atoms with van der Waals surface area (Å²) in [5.41, 5.74) is 0. The number of hydrogen-bond acceptors (Lipinski definition) is 3. The van der Waals surface area contributed by atoms with E-state index < -0.39 is 0 Å². The van der Waals surface area contributed by atoms with Crippen molar-refractivity contribution in [2.75, 3.05) is 26.8 Å². The van der Waals surface area contributed by atoms with Gasteiger partial charge in [0.25, 0.3) is 0 Å². The van der Waals surface area contributed by atoms with Crippen molar-refractivity contribution in [3.05, 3.63) is 0 Å². The van der Waals surface area contributed by atoms with Crippen molar-refractivity contribution in [1.29, 1.82) is 0 Å². The Morgan fingerprint density at radius 3 is 1.84 bits per heavy atom. The molecule has 0 aromatic heterocycles. The second kappa shape index (κ2) is 22.9. The van der Waals surface area contributed by atoms with E-state index in [1.54, 1.807) is 7.11 Å². The van der Waals surface area contributed by atoms with E-state index >= 15 is 0 Å². The second-order valence-corrected chi connectivity index (χ2v) is 6.31. The van der Waals surface area contributed by atoms with Gasteiger partial charge in [-0.25, -0.2) is 0 Å². The standard InChI is InChI=1S/C12H25NO.C8H17NO2.2H2/c1-3-5-7-8-9-10-12(14)13-11-6-4-2;1-3-5-8(10)9-6-4-7-11-2;;/h3-11H2,1-2H3,(H,13,14);3-7H2,1-2H3,(H,9,10);2*1H. The highest BCUT2D eigenvalue weighted by molar-refractivity contribution is 5.76. The Bertz CT molecular complexity index is 307. The third-order valence-corrected chi connectivity index (χ3v) is 3.68. The van der Waals surface area contributed by atoms with E-state index in [0.29, 0.717) is 19.4 Å². The van der Waals surface area contributed by atoms with Crippen LogP contribution in [0.2, 0.25) is 0 Å². The van der Waals surface area contributed by atoms with Gasteiger partial charge in [0.1, 0.15) is 0 Å². The second-order valence-electron chi connectivity index (χ2n) is 6.31. The first kappa shape index (κ1) is 26.1. The summed E-state index contributed by atoms with van der Waals surface area (Å²) < 4.78 is 4.83. The molecule has 0 heterocycles. The van der Waals surface area contributed by atoms with Gasteiger partial charge in [0.15, 0.2) is 0 Å². The third kappa shape index (κ3) is 25.3. The number of unbranched alkanes of at least 4 members (excludes halogenated alkanes) is 5.